The number of fused-ring (bicyclic) bond motifs is 1. The van der Waals surface area contributed by atoms with Crippen molar-refractivity contribution in [2.45, 2.75) is 32.7 Å². The Morgan fingerprint density at radius 3 is 2.31 bits per heavy atom. The number of hydrogen-bond acceptors (Lipinski definition) is 3. The van der Waals surface area contributed by atoms with Gasteiger partial charge in [0.2, 0.25) is 11.7 Å². The molecule has 0 saturated carbocycles. The number of amides is 2. The lowest BCUT2D eigenvalue weighted by Crippen LogP contribution is -2.40. The summed E-state index contributed by atoms with van der Waals surface area (Å²) in [7, 11) is 0. The van der Waals surface area contributed by atoms with Gasteiger partial charge in [-0.3, -0.25) is 9.59 Å². The number of hydrogen-bond donors (Lipinski definition) is 2. The van der Waals surface area contributed by atoms with Gasteiger partial charge >= 0.3 is 0 Å². The highest BCUT2D eigenvalue weighted by atomic mass is 16.3. The predicted molar refractivity (Wildman–Crippen MR) is 102 cm³/mol. The first kappa shape index (κ1) is 17.7. The van der Waals surface area contributed by atoms with Crippen LogP contribution in [0.15, 0.2) is 59.0 Å². The Hall–Kier alpha value is -3.08. The van der Waals surface area contributed by atoms with Crippen molar-refractivity contribution < 1.29 is 14.0 Å². The second-order valence-corrected chi connectivity index (χ2v) is 7.22. The second kappa shape index (κ2) is 7.04. The van der Waals surface area contributed by atoms with Crippen LogP contribution in [0.3, 0.4) is 0 Å². The maximum absolute atomic E-state index is 12.6. The van der Waals surface area contributed by atoms with Crippen LogP contribution in [-0.4, -0.2) is 17.4 Å². The molecule has 0 radical (unpaired) electrons. The Balaban J connectivity index is 1.91. The van der Waals surface area contributed by atoms with E-state index in [0.717, 1.165) is 5.56 Å². The van der Waals surface area contributed by atoms with Crippen molar-refractivity contribution >= 4 is 28.5 Å². The fourth-order valence-corrected chi connectivity index (χ4v) is 2.69. The fourth-order valence-electron chi connectivity index (χ4n) is 2.69. The maximum Gasteiger partial charge on any atom is 0.289 e. The number of rotatable bonds is 4. The smallest absolute Gasteiger partial charge is 0.289 e. The van der Waals surface area contributed by atoms with E-state index in [1.165, 1.54) is 0 Å². The SMILES string of the molecule is CC(C)(C)NC(=O)c1oc2ccccc2c1NC(=O)Cc1ccccc1. The number of nitrogens with one attached hydrogen (secondary N) is 2. The van der Waals surface area contributed by atoms with E-state index >= 15 is 0 Å². The molecule has 26 heavy (non-hydrogen) atoms. The van der Waals surface area contributed by atoms with E-state index < -0.39 is 5.54 Å². The van der Waals surface area contributed by atoms with Gasteiger partial charge in [-0.25, -0.2) is 0 Å². The molecular weight excluding hydrogens is 328 g/mol. The Labute approximate surface area is 152 Å². The first-order valence-electron chi connectivity index (χ1n) is 8.51. The molecule has 0 bridgehead atoms. The number of para-hydroxylation sites is 1. The van der Waals surface area contributed by atoms with Crippen LogP contribution in [0.1, 0.15) is 36.9 Å². The van der Waals surface area contributed by atoms with E-state index in [4.69, 9.17) is 4.42 Å². The normalized spacial score (nSPS) is 11.3. The Morgan fingerprint density at radius 2 is 1.62 bits per heavy atom. The van der Waals surface area contributed by atoms with Crippen molar-refractivity contribution in [1.29, 1.82) is 0 Å². The lowest BCUT2D eigenvalue weighted by atomic mass is 10.1. The monoisotopic (exact) mass is 350 g/mol. The van der Waals surface area contributed by atoms with Crippen LogP contribution in [0.2, 0.25) is 0 Å². The van der Waals surface area contributed by atoms with Crippen LogP contribution in [-0.2, 0) is 11.2 Å². The number of carbonyl (C=O) groups is 2. The summed E-state index contributed by atoms with van der Waals surface area (Å²) in [6, 6.07) is 16.7. The minimum atomic E-state index is -0.415. The number of anilines is 1. The van der Waals surface area contributed by atoms with Gasteiger partial charge in [0, 0.05) is 10.9 Å². The van der Waals surface area contributed by atoms with Gasteiger partial charge in [0.15, 0.2) is 0 Å². The van der Waals surface area contributed by atoms with Gasteiger partial charge in [-0.1, -0.05) is 42.5 Å². The van der Waals surface area contributed by atoms with Crippen LogP contribution in [0.5, 0.6) is 0 Å². The van der Waals surface area contributed by atoms with Crippen LogP contribution in [0.25, 0.3) is 11.0 Å². The molecule has 2 aromatic carbocycles. The van der Waals surface area contributed by atoms with Crippen molar-refractivity contribution in [1.82, 2.24) is 5.32 Å². The third-order valence-electron chi connectivity index (χ3n) is 3.76. The Morgan fingerprint density at radius 1 is 0.962 bits per heavy atom. The molecule has 5 heteroatoms. The molecule has 0 aliphatic rings. The highest BCUT2D eigenvalue weighted by Gasteiger charge is 2.25. The Bertz CT molecular complexity index is 937. The van der Waals surface area contributed by atoms with E-state index in [2.05, 4.69) is 10.6 Å². The lowest BCUT2D eigenvalue weighted by molar-refractivity contribution is -0.115. The summed E-state index contributed by atoms with van der Waals surface area (Å²) in [6.07, 6.45) is 0.223. The average Bonchev–Trinajstić information content (AvgIpc) is 2.93. The van der Waals surface area contributed by atoms with Crippen LogP contribution < -0.4 is 10.6 Å². The molecule has 0 spiro atoms. The number of furan rings is 1. The molecule has 0 unspecified atom stereocenters. The molecule has 0 saturated heterocycles. The molecule has 0 fully saturated rings. The summed E-state index contributed by atoms with van der Waals surface area (Å²) < 4.78 is 5.73. The van der Waals surface area contributed by atoms with E-state index in [1.54, 1.807) is 6.07 Å². The van der Waals surface area contributed by atoms with Gasteiger partial charge < -0.3 is 15.1 Å². The summed E-state index contributed by atoms with van der Waals surface area (Å²) in [5, 5.41) is 6.43. The van der Waals surface area contributed by atoms with E-state index in [-0.39, 0.29) is 24.0 Å². The van der Waals surface area contributed by atoms with E-state index in [0.29, 0.717) is 16.7 Å². The molecular formula is C21H22N2O3. The minimum absolute atomic E-state index is 0.113. The number of benzene rings is 2. The first-order valence-corrected chi connectivity index (χ1v) is 8.51. The summed E-state index contributed by atoms with van der Waals surface area (Å²) in [5.74, 6) is -0.446. The third kappa shape index (κ3) is 4.11. The molecule has 1 heterocycles. The largest absolute Gasteiger partial charge is 0.449 e. The van der Waals surface area contributed by atoms with Gasteiger partial charge in [-0.2, -0.15) is 0 Å². The fraction of sp³-hybridized carbons (Fsp3) is 0.238. The van der Waals surface area contributed by atoms with Gasteiger partial charge in [-0.05, 0) is 38.5 Å². The molecule has 0 aliphatic carbocycles. The van der Waals surface area contributed by atoms with Gasteiger partial charge in [0.05, 0.1) is 6.42 Å². The summed E-state index contributed by atoms with van der Waals surface area (Å²) in [6.45, 7) is 5.67. The molecule has 2 amide bonds. The van der Waals surface area contributed by atoms with Gasteiger partial charge in [-0.15, -0.1) is 0 Å². The molecule has 2 N–H and O–H groups in total. The standard InChI is InChI=1S/C21H22N2O3/c1-21(2,3)23-20(25)19-18(15-11-7-8-12-16(15)26-19)22-17(24)13-14-9-5-4-6-10-14/h4-12H,13H2,1-3H3,(H,22,24)(H,23,25). The van der Waals surface area contributed by atoms with Crippen molar-refractivity contribution in [2.24, 2.45) is 0 Å². The van der Waals surface area contributed by atoms with Gasteiger partial charge in [0.1, 0.15) is 11.3 Å². The van der Waals surface area contributed by atoms with Crippen LogP contribution >= 0.6 is 0 Å². The summed E-state index contributed by atoms with van der Waals surface area (Å²) in [5.41, 5.74) is 1.45. The predicted octanol–water partition coefficient (Wildman–Crippen LogP) is 4.14. The second-order valence-electron chi connectivity index (χ2n) is 7.22. The minimum Gasteiger partial charge on any atom is -0.449 e. The van der Waals surface area contributed by atoms with Crippen molar-refractivity contribution in [3.63, 3.8) is 0 Å². The summed E-state index contributed by atoms with van der Waals surface area (Å²) >= 11 is 0. The molecule has 1 aromatic heterocycles. The van der Waals surface area contributed by atoms with Crippen molar-refractivity contribution in [3.05, 3.63) is 65.9 Å². The van der Waals surface area contributed by atoms with Crippen molar-refractivity contribution in [2.75, 3.05) is 5.32 Å². The number of carbonyl (C=O) groups excluding carboxylic acids is 2. The molecule has 5 nitrogen and oxygen atoms in total. The lowest BCUT2D eigenvalue weighted by Gasteiger charge is -2.20. The molecule has 0 aliphatic heterocycles. The zero-order valence-corrected chi connectivity index (χ0v) is 15.1. The zero-order valence-electron chi connectivity index (χ0n) is 15.1. The highest BCUT2D eigenvalue weighted by molar-refractivity contribution is 6.11. The maximum atomic E-state index is 12.6. The topological polar surface area (TPSA) is 71.3 Å². The molecule has 0 atom stereocenters. The first-order chi connectivity index (χ1) is 12.3. The zero-order chi connectivity index (χ0) is 18.7. The summed E-state index contributed by atoms with van der Waals surface area (Å²) in [4.78, 5) is 25.1. The Kier molecular flexibility index (Phi) is 4.80. The quantitative estimate of drug-likeness (QED) is 0.743. The average molecular weight is 350 g/mol. The third-order valence-corrected chi connectivity index (χ3v) is 3.76. The van der Waals surface area contributed by atoms with Crippen LogP contribution in [0.4, 0.5) is 5.69 Å². The van der Waals surface area contributed by atoms with E-state index in [9.17, 15) is 9.59 Å². The molecule has 3 aromatic rings. The molecule has 134 valence electrons. The van der Waals surface area contributed by atoms with Gasteiger partial charge in [0.25, 0.3) is 5.91 Å². The van der Waals surface area contributed by atoms with E-state index in [1.807, 2.05) is 69.3 Å². The molecule has 3 rings (SSSR count). The van der Waals surface area contributed by atoms with Crippen LogP contribution in [0, 0.1) is 0 Å². The highest BCUT2D eigenvalue weighted by Crippen LogP contribution is 2.31. The van der Waals surface area contributed by atoms with Crippen molar-refractivity contribution in [3.8, 4) is 0 Å².